The Labute approximate surface area is 90.6 Å². The number of halogens is 3. The molecule has 0 atom stereocenters. The maximum atomic E-state index is 12.3. The minimum atomic E-state index is -2.80. The molecular weight excluding hydrogens is 309 g/mol. The highest BCUT2D eigenvalue weighted by atomic mass is 127. The third kappa shape index (κ3) is 2.08. The normalized spacial score (nSPS) is 10.6. The van der Waals surface area contributed by atoms with Crippen LogP contribution in [0, 0.1) is 3.57 Å². The molecule has 1 aromatic rings. The van der Waals surface area contributed by atoms with Gasteiger partial charge in [-0.2, -0.15) is 0 Å². The lowest BCUT2D eigenvalue weighted by atomic mass is 10.2. The molecule has 0 aliphatic heterocycles. The predicted molar refractivity (Wildman–Crippen MR) is 53.3 cm³/mol. The fraction of sp³-hybridized carbons (Fsp3) is 0.143. The average molecular weight is 314 g/mol. The van der Waals surface area contributed by atoms with Gasteiger partial charge in [-0.25, -0.2) is 8.78 Å². The van der Waals surface area contributed by atoms with Crippen molar-refractivity contribution < 1.29 is 13.6 Å². The van der Waals surface area contributed by atoms with E-state index in [1.807, 2.05) is 0 Å². The van der Waals surface area contributed by atoms with Crippen molar-refractivity contribution in [1.82, 2.24) is 4.98 Å². The van der Waals surface area contributed by atoms with Gasteiger partial charge in [0.1, 0.15) is 5.69 Å². The molecule has 0 aromatic carbocycles. The standard InChI is InChI=1S/C7H5F2IN2O2/c8-5(9)2-1-3(6(11)13)12-7(14)4(2)10/h1,5H,(H2,11,13)(H,12,14). The quantitative estimate of drug-likeness (QED) is 0.800. The first kappa shape index (κ1) is 11.1. The van der Waals surface area contributed by atoms with Crippen LogP contribution in [0.2, 0.25) is 0 Å². The Morgan fingerprint density at radius 1 is 1.57 bits per heavy atom. The number of pyridine rings is 1. The number of aromatic amines is 1. The van der Waals surface area contributed by atoms with E-state index in [1.165, 1.54) is 22.6 Å². The molecule has 1 rings (SSSR count). The maximum Gasteiger partial charge on any atom is 0.265 e. The van der Waals surface area contributed by atoms with Gasteiger partial charge in [0.05, 0.1) is 3.57 Å². The summed E-state index contributed by atoms with van der Waals surface area (Å²) in [5.74, 6) is -0.944. The topological polar surface area (TPSA) is 76.0 Å². The molecule has 3 N–H and O–H groups in total. The van der Waals surface area contributed by atoms with Crippen molar-refractivity contribution in [3.05, 3.63) is 31.2 Å². The van der Waals surface area contributed by atoms with Gasteiger partial charge in [0, 0.05) is 5.56 Å². The van der Waals surface area contributed by atoms with Crippen LogP contribution in [0.25, 0.3) is 0 Å². The van der Waals surface area contributed by atoms with Crippen molar-refractivity contribution in [3.8, 4) is 0 Å². The molecule has 0 unspecified atom stereocenters. The number of carbonyl (C=O) groups is 1. The second kappa shape index (κ2) is 4.03. The van der Waals surface area contributed by atoms with E-state index in [0.29, 0.717) is 0 Å². The molecule has 76 valence electrons. The second-order valence-corrected chi connectivity index (χ2v) is 3.53. The van der Waals surface area contributed by atoms with Crippen LogP contribution in [0.4, 0.5) is 8.78 Å². The Bertz CT molecular complexity index is 430. The summed E-state index contributed by atoms with van der Waals surface area (Å²) in [6, 6.07) is 0.885. The molecule has 0 saturated heterocycles. The zero-order valence-electron chi connectivity index (χ0n) is 6.68. The van der Waals surface area contributed by atoms with E-state index in [-0.39, 0.29) is 9.26 Å². The van der Waals surface area contributed by atoms with Crippen LogP contribution in [0.1, 0.15) is 22.5 Å². The Balaban J connectivity index is 3.43. The summed E-state index contributed by atoms with van der Waals surface area (Å²) in [6.45, 7) is 0. The van der Waals surface area contributed by atoms with Gasteiger partial charge in [0.15, 0.2) is 0 Å². The van der Waals surface area contributed by atoms with Crippen molar-refractivity contribution >= 4 is 28.5 Å². The summed E-state index contributed by atoms with van der Waals surface area (Å²) in [6.07, 6.45) is -2.80. The molecule has 4 nitrogen and oxygen atoms in total. The number of amides is 1. The van der Waals surface area contributed by atoms with Crippen molar-refractivity contribution in [1.29, 1.82) is 0 Å². The highest BCUT2D eigenvalue weighted by Gasteiger charge is 2.17. The van der Waals surface area contributed by atoms with E-state index in [0.717, 1.165) is 6.07 Å². The second-order valence-electron chi connectivity index (χ2n) is 2.45. The molecule has 1 aromatic heterocycles. The molecule has 0 aliphatic carbocycles. The van der Waals surface area contributed by atoms with Gasteiger partial charge >= 0.3 is 0 Å². The largest absolute Gasteiger partial charge is 0.364 e. The van der Waals surface area contributed by atoms with Crippen molar-refractivity contribution in [3.63, 3.8) is 0 Å². The summed E-state index contributed by atoms with van der Waals surface area (Å²) in [7, 11) is 0. The first-order chi connectivity index (χ1) is 6.43. The number of H-pyrrole nitrogens is 1. The van der Waals surface area contributed by atoms with Gasteiger partial charge in [0.2, 0.25) is 0 Å². The molecular formula is C7H5F2IN2O2. The number of nitrogens with two attached hydrogens (primary N) is 1. The molecule has 0 spiro atoms. The van der Waals surface area contributed by atoms with Crippen LogP contribution < -0.4 is 11.3 Å². The zero-order chi connectivity index (χ0) is 10.9. The Hall–Kier alpha value is -0.990. The number of carbonyl (C=O) groups excluding carboxylic acids is 1. The van der Waals surface area contributed by atoms with E-state index in [1.54, 1.807) is 0 Å². The highest BCUT2D eigenvalue weighted by Crippen LogP contribution is 2.22. The molecule has 0 bridgehead atoms. The molecule has 0 aliphatic rings. The average Bonchev–Trinajstić information content (AvgIpc) is 2.08. The molecule has 14 heavy (non-hydrogen) atoms. The van der Waals surface area contributed by atoms with Gasteiger partial charge in [0.25, 0.3) is 17.9 Å². The Kier molecular flexibility index (Phi) is 3.19. The third-order valence-corrected chi connectivity index (χ3v) is 2.61. The molecule has 7 heteroatoms. The van der Waals surface area contributed by atoms with Crippen LogP contribution in [0.5, 0.6) is 0 Å². The number of primary amides is 1. The van der Waals surface area contributed by atoms with Gasteiger partial charge in [-0.1, -0.05) is 0 Å². The van der Waals surface area contributed by atoms with E-state index in [2.05, 4.69) is 4.98 Å². The van der Waals surface area contributed by atoms with Gasteiger partial charge in [-0.15, -0.1) is 0 Å². The lowest BCUT2D eigenvalue weighted by Crippen LogP contribution is -2.22. The minimum Gasteiger partial charge on any atom is -0.364 e. The monoisotopic (exact) mass is 314 g/mol. The summed E-state index contributed by atoms with van der Waals surface area (Å²) >= 11 is 1.48. The van der Waals surface area contributed by atoms with Crippen molar-refractivity contribution in [2.45, 2.75) is 6.43 Å². The number of hydrogen-bond acceptors (Lipinski definition) is 2. The number of alkyl halides is 2. The smallest absolute Gasteiger partial charge is 0.265 e. The van der Waals surface area contributed by atoms with Crippen molar-refractivity contribution in [2.24, 2.45) is 5.73 Å². The van der Waals surface area contributed by atoms with E-state index >= 15 is 0 Å². The number of aromatic nitrogens is 1. The molecule has 1 heterocycles. The van der Waals surface area contributed by atoms with Gasteiger partial charge in [-0.3, -0.25) is 9.59 Å². The summed E-state index contributed by atoms with van der Waals surface area (Å²) in [5, 5.41) is 0. The van der Waals surface area contributed by atoms with Crippen LogP contribution >= 0.6 is 22.6 Å². The lowest BCUT2D eigenvalue weighted by Gasteiger charge is -2.03. The highest BCUT2D eigenvalue weighted by molar-refractivity contribution is 14.1. The van der Waals surface area contributed by atoms with Crippen LogP contribution in [0.15, 0.2) is 10.9 Å². The summed E-state index contributed by atoms with van der Waals surface area (Å²) < 4.78 is 24.5. The Morgan fingerprint density at radius 3 is 2.57 bits per heavy atom. The van der Waals surface area contributed by atoms with Gasteiger partial charge < -0.3 is 10.7 Å². The number of nitrogens with one attached hydrogen (secondary N) is 1. The van der Waals surface area contributed by atoms with E-state index in [9.17, 15) is 18.4 Å². The first-order valence-corrected chi connectivity index (χ1v) is 4.52. The molecule has 0 fully saturated rings. The molecule has 1 amide bonds. The van der Waals surface area contributed by atoms with Crippen molar-refractivity contribution in [2.75, 3.05) is 0 Å². The van der Waals surface area contributed by atoms with Gasteiger partial charge in [-0.05, 0) is 28.7 Å². The van der Waals surface area contributed by atoms with Crippen LogP contribution in [-0.2, 0) is 0 Å². The molecule has 0 radical (unpaired) electrons. The van der Waals surface area contributed by atoms with Crippen LogP contribution in [0.3, 0.4) is 0 Å². The number of rotatable bonds is 2. The summed E-state index contributed by atoms with van der Waals surface area (Å²) in [5.41, 5.74) is 3.31. The van der Waals surface area contributed by atoms with Crippen LogP contribution in [-0.4, -0.2) is 10.9 Å². The molecule has 0 saturated carbocycles. The first-order valence-electron chi connectivity index (χ1n) is 3.44. The third-order valence-electron chi connectivity index (χ3n) is 1.50. The van der Waals surface area contributed by atoms with E-state index in [4.69, 9.17) is 5.73 Å². The summed E-state index contributed by atoms with van der Waals surface area (Å²) in [4.78, 5) is 23.8. The lowest BCUT2D eigenvalue weighted by molar-refractivity contribution is 0.0994. The fourth-order valence-corrected chi connectivity index (χ4v) is 1.38. The van der Waals surface area contributed by atoms with E-state index < -0.39 is 23.5 Å². The fourth-order valence-electron chi connectivity index (χ4n) is 0.855. The maximum absolute atomic E-state index is 12.3. The Morgan fingerprint density at radius 2 is 2.14 bits per heavy atom. The predicted octanol–water partition coefficient (Wildman–Crippen LogP) is 1.02. The minimum absolute atomic E-state index is 0.136. The zero-order valence-corrected chi connectivity index (χ0v) is 8.84. The number of hydrogen-bond donors (Lipinski definition) is 2. The SMILES string of the molecule is NC(=O)c1cc(C(F)F)c(I)c(=O)[nH]1.